The highest BCUT2D eigenvalue weighted by Gasteiger charge is 2.12. The van der Waals surface area contributed by atoms with Gasteiger partial charge in [-0.05, 0) is 44.1 Å². The van der Waals surface area contributed by atoms with Crippen molar-refractivity contribution in [3.8, 4) is 0 Å². The number of rotatable bonds is 2. The lowest BCUT2D eigenvalue weighted by Crippen LogP contribution is -2.35. The molecule has 4 heteroatoms. The first kappa shape index (κ1) is 11.1. The van der Waals surface area contributed by atoms with E-state index in [1.165, 1.54) is 12.8 Å². The Morgan fingerprint density at radius 3 is 2.73 bits per heavy atom. The molecule has 0 saturated carbocycles. The Kier molecular flexibility index (Phi) is 3.78. The molecule has 1 saturated heterocycles. The summed E-state index contributed by atoms with van der Waals surface area (Å²) < 4.78 is 0. The Hall–Kier alpha value is -0.380. The molecule has 1 heterocycles. The highest BCUT2D eigenvalue weighted by atomic mass is 35.5. The molecule has 0 atom stereocenters. The average Bonchev–Trinajstić information content (AvgIpc) is 2.25. The van der Waals surface area contributed by atoms with E-state index in [1.807, 2.05) is 18.2 Å². The van der Waals surface area contributed by atoms with Crippen LogP contribution in [0.4, 0.5) is 5.69 Å². The van der Waals surface area contributed by atoms with E-state index < -0.39 is 0 Å². The largest absolute Gasteiger partial charge is 0.382 e. The van der Waals surface area contributed by atoms with Crippen LogP contribution in [-0.2, 0) is 0 Å². The smallest absolute Gasteiger partial charge is 0.0540 e. The Labute approximate surface area is 101 Å². The fourth-order valence-electron chi connectivity index (χ4n) is 1.80. The molecule has 2 rings (SSSR count). The van der Waals surface area contributed by atoms with Crippen LogP contribution in [0.3, 0.4) is 0 Å². The van der Waals surface area contributed by atoms with Crippen molar-refractivity contribution in [2.24, 2.45) is 0 Å². The first-order valence-corrected chi connectivity index (χ1v) is 6.04. The van der Waals surface area contributed by atoms with Crippen molar-refractivity contribution < 1.29 is 0 Å². The van der Waals surface area contributed by atoms with E-state index in [9.17, 15) is 0 Å². The number of anilines is 1. The van der Waals surface area contributed by atoms with E-state index in [-0.39, 0.29) is 0 Å². The van der Waals surface area contributed by atoms with Crippen LogP contribution < -0.4 is 10.6 Å². The first-order valence-electron chi connectivity index (χ1n) is 5.21. The van der Waals surface area contributed by atoms with Gasteiger partial charge in [0.15, 0.2) is 0 Å². The van der Waals surface area contributed by atoms with Crippen molar-refractivity contribution in [2.45, 2.75) is 23.8 Å². The molecule has 2 nitrogen and oxygen atoms in total. The Morgan fingerprint density at radius 1 is 1.33 bits per heavy atom. The second-order valence-electron chi connectivity index (χ2n) is 3.83. The van der Waals surface area contributed by atoms with Gasteiger partial charge in [-0.3, -0.25) is 0 Å². The molecule has 15 heavy (non-hydrogen) atoms. The minimum absolute atomic E-state index is 0.570. The first-order chi connectivity index (χ1) is 7.25. The maximum Gasteiger partial charge on any atom is 0.0540 e. The fourth-order valence-corrected chi connectivity index (χ4v) is 2.14. The quantitative estimate of drug-likeness (QED) is 0.695. The normalized spacial score (nSPS) is 17.7. The number of piperidine rings is 1. The van der Waals surface area contributed by atoms with Crippen LogP contribution in [-0.4, -0.2) is 19.1 Å². The summed E-state index contributed by atoms with van der Waals surface area (Å²) in [6.07, 6.45) is 2.34. The summed E-state index contributed by atoms with van der Waals surface area (Å²) in [5.41, 5.74) is 1.11. The van der Waals surface area contributed by atoms with Gasteiger partial charge in [-0.1, -0.05) is 11.6 Å². The minimum atomic E-state index is 0.570. The van der Waals surface area contributed by atoms with Gasteiger partial charge in [0.2, 0.25) is 0 Å². The van der Waals surface area contributed by atoms with Gasteiger partial charge in [-0.15, -0.1) is 12.6 Å². The summed E-state index contributed by atoms with van der Waals surface area (Å²) >= 11 is 10.2. The van der Waals surface area contributed by atoms with Gasteiger partial charge in [0.05, 0.1) is 5.02 Å². The van der Waals surface area contributed by atoms with Crippen LogP contribution >= 0.6 is 24.2 Å². The lowest BCUT2D eigenvalue weighted by Gasteiger charge is -2.24. The van der Waals surface area contributed by atoms with Crippen molar-refractivity contribution >= 4 is 29.9 Å². The molecule has 0 amide bonds. The maximum atomic E-state index is 5.91. The van der Waals surface area contributed by atoms with Gasteiger partial charge < -0.3 is 10.6 Å². The van der Waals surface area contributed by atoms with Crippen LogP contribution in [0, 0.1) is 0 Å². The van der Waals surface area contributed by atoms with E-state index in [2.05, 4.69) is 23.3 Å². The van der Waals surface area contributed by atoms with E-state index in [0.717, 1.165) is 23.7 Å². The Bertz CT molecular complexity index is 337. The van der Waals surface area contributed by atoms with Crippen LogP contribution in [0.2, 0.25) is 5.02 Å². The molecule has 2 N–H and O–H groups in total. The molecule has 0 aromatic heterocycles. The van der Waals surface area contributed by atoms with Crippen LogP contribution in [0.5, 0.6) is 0 Å². The summed E-state index contributed by atoms with van der Waals surface area (Å²) in [6, 6.07) is 6.44. The standard InChI is InChI=1S/C11H15ClN2S/c12-10-2-1-9(7-11(10)15)14-8-3-5-13-6-4-8/h1-2,7-8,13-15H,3-6H2. The molecule has 0 spiro atoms. The number of hydrogen-bond acceptors (Lipinski definition) is 3. The summed E-state index contributed by atoms with van der Waals surface area (Å²) in [5, 5.41) is 7.55. The molecule has 82 valence electrons. The maximum absolute atomic E-state index is 5.91. The third-order valence-electron chi connectivity index (χ3n) is 2.66. The van der Waals surface area contributed by atoms with Crippen molar-refractivity contribution in [2.75, 3.05) is 18.4 Å². The van der Waals surface area contributed by atoms with Gasteiger partial charge in [0.25, 0.3) is 0 Å². The number of benzene rings is 1. The molecular weight excluding hydrogens is 228 g/mol. The number of halogens is 1. The van der Waals surface area contributed by atoms with Crippen LogP contribution in [0.25, 0.3) is 0 Å². The predicted molar refractivity (Wildman–Crippen MR) is 68.2 cm³/mol. The van der Waals surface area contributed by atoms with E-state index in [4.69, 9.17) is 11.6 Å². The summed E-state index contributed by atoms with van der Waals surface area (Å²) in [4.78, 5) is 0.829. The SMILES string of the molecule is Sc1cc(NC2CCNCC2)ccc1Cl. The molecule has 0 aliphatic carbocycles. The van der Waals surface area contributed by atoms with Crippen molar-refractivity contribution in [3.05, 3.63) is 23.2 Å². The third-order valence-corrected chi connectivity index (χ3v) is 3.49. The van der Waals surface area contributed by atoms with Crippen molar-refractivity contribution in [1.82, 2.24) is 5.32 Å². The molecule has 1 aromatic carbocycles. The number of nitrogens with one attached hydrogen (secondary N) is 2. The third kappa shape index (κ3) is 3.03. The molecule has 0 unspecified atom stereocenters. The predicted octanol–water partition coefficient (Wildman–Crippen LogP) is 2.79. The average molecular weight is 243 g/mol. The zero-order valence-electron chi connectivity index (χ0n) is 8.46. The zero-order valence-corrected chi connectivity index (χ0v) is 10.1. The monoisotopic (exact) mass is 242 g/mol. The zero-order chi connectivity index (χ0) is 10.7. The molecule has 0 radical (unpaired) electrons. The molecular formula is C11H15ClN2S. The van der Waals surface area contributed by atoms with E-state index in [1.54, 1.807) is 0 Å². The van der Waals surface area contributed by atoms with Crippen molar-refractivity contribution in [3.63, 3.8) is 0 Å². The molecule has 1 aliphatic heterocycles. The summed E-state index contributed by atoms with van der Waals surface area (Å²) in [5.74, 6) is 0. The lowest BCUT2D eigenvalue weighted by molar-refractivity contribution is 0.479. The number of hydrogen-bond donors (Lipinski definition) is 3. The molecule has 1 aromatic rings. The van der Waals surface area contributed by atoms with E-state index in [0.29, 0.717) is 11.1 Å². The van der Waals surface area contributed by atoms with E-state index >= 15 is 0 Å². The summed E-state index contributed by atoms with van der Waals surface area (Å²) in [7, 11) is 0. The number of thiol groups is 1. The molecule has 0 bridgehead atoms. The fraction of sp³-hybridized carbons (Fsp3) is 0.455. The Morgan fingerprint density at radius 2 is 2.07 bits per heavy atom. The topological polar surface area (TPSA) is 24.1 Å². The molecule has 1 aliphatic rings. The van der Waals surface area contributed by atoms with Crippen LogP contribution in [0.1, 0.15) is 12.8 Å². The minimum Gasteiger partial charge on any atom is -0.382 e. The molecule has 1 fully saturated rings. The highest BCUT2D eigenvalue weighted by molar-refractivity contribution is 7.80. The van der Waals surface area contributed by atoms with Gasteiger partial charge in [0, 0.05) is 16.6 Å². The summed E-state index contributed by atoms with van der Waals surface area (Å²) in [6.45, 7) is 2.19. The lowest BCUT2D eigenvalue weighted by atomic mass is 10.1. The second-order valence-corrected chi connectivity index (χ2v) is 4.72. The highest BCUT2D eigenvalue weighted by Crippen LogP contribution is 2.24. The van der Waals surface area contributed by atoms with Gasteiger partial charge in [0.1, 0.15) is 0 Å². The van der Waals surface area contributed by atoms with Gasteiger partial charge in [-0.25, -0.2) is 0 Å². The van der Waals surface area contributed by atoms with Crippen LogP contribution in [0.15, 0.2) is 23.1 Å². The second kappa shape index (κ2) is 5.10. The van der Waals surface area contributed by atoms with Gasteiger partial charge in [-0.2, -0.15) is 0 Å². The van der Waals surface area contributed by atoms with Gasteiger partial charge >= 0.3 is 0 Å². The Balaban J connectivity index is 2.00. The van der Waals surface area contributed by atoms with Crippen molar-refractivity contribution in [1.29, 1.82) is 0 Å².